The average molecular weight is 564 g/mol. The maximum atomic E-state index is 14.2. The molecule has 0 bridgehead atoms. The van der Waals surface area contributed by atoms with Gasteiger partial charge in [-0.15, -0.1) is 0 Å². The van der Waals surface area contributed by atoms with Crippen LogP contribution < -0.4 is 10.1 Å². The summed E-state index contributed by atoms with van der Waals surface area (Å²) < 4.78 is 11.6. The summed E-state index contributed by atoms with van der Waals surface area (Å²) in [6.45, 7) is 8.08. The van der Waals surface area contributed by atoms with E-state index in [1.54, 1.807) is 4.90 Å². The smallest absolute Gasteiger partial charge is 0.326 e. The molecule has 3 aliphatic rings. The number of pyridine rings is 1. The Hall–Kier alpha value is -2.97. The number of hydrogen-bond donors (Lipinski definition) is 2. The molecule has 41 heavy (non-hydrogen) atoms. The quantitative estimate of drug-likeness (QED) is 0.445. The van der Waals surface area contributed by atoms with Crippen molar-refractivity contribution in [3.8, 4) is 5.88 Å². The van der Waals surface area contributed by atoms with E-state index in [1.807, 2.05) is 48.5 Å². The third-order valence-electron chi connectivity index (χ3n) is 9.03. The number of nitrogens with one attached hydrogen (secondary N) is 1. The third-order valence-corrected chi connectivity index (χ3v) is 9.03. The van der Waals surface area contributed by atoms with Gasteiger partial charge in [0.15, 0.2) is 0 Å². The van der Waals surface area contributed by atoms with E-state index in [4.69, 9.17) is 14.5 Å². The zero-order chi connectivity index (χ0) is 29.0. The highest BCUT2D eigenvalue weighted by atomic mass is 16.5. The number of rotatable bonds is 8. The van der Waals surface area contributed by atoms with Crippen molar-refractivity contribution >= 4 is 11.9 Å². The van der Waals surface area contributed by atoms with Gasteiger partial charge in [-0.25, -0.2) is 9.78 Å². The first kappa shape index (κ1) is 29.5. The molecule has 3 fully saturated rings. The number of ether oxygens (including phenoxy) is 2. The van der Waals surface area contributed by atoms with Crippen LogP contribution in [0.15, 0.2) is 48.5 Å². The van der Waals surface area contributed by atoms with Gasteiger partial charge < -0.3 is 24.8 Å². The highest BCUT2D eigenvalue weighted by Crippen LogP contribution is 2.49. The largest absolute Gasteiger partial charge is 0.480 e. The normalized spacial score (nSPS) is 26.2. The van der Waals surface area contributed by atoms with Crippen LogP contribution in [0.2, 0.25) is 0 Å². The van der Waals surface area contributed by atoms with Crippen molar-refractivity contribution in [1.82, 2.24) is 15.2 Å². The molecule has 8 nitrogen and oxygen atoms in total. The topological polar surface area (TPSA) is 101 Å². The van der Waals surface area contributed by atoms with Gasteiger partial charge >= 0.3 is 5.97 Å². The van der Waals surface area contributed by atoms with Crippen molar-refractivity contribution in [3.05, 3.63) is 59.8 Å². The lowest BCUT2D eigenvalue weighted by Crippen LogP contribution is -2.49. The number of aliphatic carboxylic acids is 1. The summed E-state index contributed by atoms with van der Waals surface area (Å²) in [4.78, 5) is 33.8. The molecule has 1 aromatic carbocycles. The van der Waals surface area contributed by atoms with Gasteiger partial charge in [-0.3, -0.25) is 4.79 Å². The molecule has 4 atom stereocenters. The molecular weight excluding hydrogens is 518 g/mol. The van der Waals surface area contributed by atoms with Crippen LogP contribution in [0.25, 0.3) is 0 Å². The molecule has 2 N–H and O–H groups in total. The molecule has 0 radical (unpaired) electrons. The van der Waals surface area contributed by atoms with Crippen molar-refractivity contribution in [3.63, 3.8) is 0 Å². The van der Waals surface area contributed by atoms with Gasteiger partial charge in [-0.2, -0.15) is 0 Å². The highest BCUT2D eigenvalue weighted by Gasteiger charge is 2.58. The summed E-state index contributed by atoms with van der Waals surface area (Å²) in [6.07, 6.45) is 6.60. The van der Waals surface area contributed by atoms with Gasteiger partial charge in [0.2, 0.25) is 11.8 Å². The number of carboxylic acids is 1. The molecule has 222 valence electrons. The maximum Gasteiger partial charge on any atom is 0.326 e. The molecule has 8 heteroatoms. The number of carbonyl (C=O) groups excluding carboxylic acids is 1. The second-order valence-electron chi connectivity index (χ2n) is 12.9. The van der Waals surface area contributed by atoms with Crippen LogP contribution in [0.4, 0.5) is 0 Å². The Labute approximate surface area is 243 Å². The number of likely N-dealkylation sites (tertiary alicyclic amines) is 1. The summed E-state index contributed by atoms with van der Waals surface area (Å²) in [5.74, 6) is -0.817. The third kappa shape index (κ3) is 6.75. The lowest BCUT2D eigenvalue weighted by Gasteiger charge is -2.36. The minimum Gasteiger partial charge on any atom is -0.480 e. The van der Waals surface area contributed by atoms with Gasteiger partial charge in [0.05, 0.1) is 24.9 Å². The SMILES string of the molecule is CC(C)(C)[C@@H]1[C@@H](NCc2cccc(OC3CCOCC3)n2)[C@@H](c2ccccc2)N(C(=O)C2CCCCC2)[C@H]1C(=O)O. The van der Waals surface area contributed by atoms with E-state index in [0.717, 1.165) is 56.2 Å². The number of benzene rings is 1. The van der Waals surface area contributed by atoms with Crippen LogP contribution >= 0.6 is 0 Å². The number of amides is 1. The Morgan fingerprint density at radius 3 is 2.37 bits per heavy atom. The number of nitrogens with zero attached hydrogens (tertiary/aromatic N) is 2. The predicted octanol–water partition coefficient (Wildman–Crippen LogP) is 5.38. The summed E-state index contributed by atoms with van der Waals surface area (Å²) >= 11 is 0. The summed E-state index contributed by atoms with van der Waals surface area (Å²) in [6, 6.07) is 14.1. The van der Waals surface area contributed by atoms with E-state index < -0.39 is 18.1 Å². The zero-order valence-corrected chi connectivity index (χ0v) is 24.6. The van der Waals surface area contributed by atoms with Crippen LogP contribution in [-0.2, 0) is 20.9 Å². The van der Waals surface area contributed by atoms with Crippen molar-refractivity contribution < 1.29 is 24.2 Å². The number of carboxylic acid groups (broad SMARTS) is 1. The van der Waals surface area contributed by atoms with Crippen LogP contribution in [0.1, 0.15) is 83.0 Å². The fourth-order valence-corrected chi connectivity index (χ4v) is 7.10. The van der Waals surface area contributed by atoms with E-state index in [2.05, 4.69) is 26.1 Å². The Kier molecular flexibility index (Phi) is 9.29. The molecule has 1 amide bonds. The Morgan fingerprint density at radius 1 is 1.00 bits per heavy atom. The number of carbonyl (C=O) groups is 2. The van der Waals surface area contributed by atoms with E-state index in [0.29, 0.717) is 25.6 Å². The second-order valence-corrected chi connectivity index (χ2v) is 12.9. The highest BCUT2D eigenvalue weighted by molar-refractivity contribution is 5.87. The van der Waals surface area contributed by atoms with Crippen LogP contribution in [0.5, 0.6) is 5.88 Å². The lowest BCUT2D eigenvalue weighted by molar-refractivity contribution is -0.154. The summed E-state index contributed by atoms with van der Waals surface area (Å²) in [7, 11) is 0. The first-order valence-electron chi connectivity index (χ1n) is 15.3. The molecule has 2 saturated heterocycles. The molecule has 0 spiro atoms. The van der Waals surface area contributed by atoms with Crippen molar-refractivity contribution in [2.45, 2.75) is 96.5 Å². The molecule has 1 aliphatic carbocycles. The number of hydrogen-bond acceptors (Lipinski definition) is 6. The first-order valence-corrected chi connectivity index (χ1v) is 15.3. The first-order chi connectivity index (χ1) is 19.7. The molecule has 2 aromatic rings. The summed E-state index contributed by atoms with van der Waals surface area (Å²) in [5.41, 5.74) is 1.39. The molecule has 0 unspecified atom stereocenters. The Bertz CT molecular complexity index is 1170. The Morgan fingerprint density at radius 2 is 1.71 bits per heavy atom. The van der Waals surface area contributed by atoms with Gasteiger partial charge in [0, 0.05) is 43.3 Å². The van der Waals surface area contributed by atoms with Crippen molar-refractivity contribution in [1.29, 1.82) is 0 Å². The van der Waals surface area contributed by atoms with Gasteiger partial charge in [-0.1, -0.05) is 76.4 Å². The molecule has 3 heterocycles. The zero-order valence-electron chi connectivity index (χ0n) is 24.6. The standard InChI is InChI=1S/C33H45N3O5/c1-33(2,3)27-28(34-21-24-15-10-16-26(35-24)41-25-17-19-40-20-18-25)29(22-11-6-4-7-12-22)36(30(27)32(38)39)31(37)23-13-8-5-9-14-23/h4,6-7,10-12,15-16,23,25,27-30,34H,5,8-9,13-14,17-21H2,1-3H3,(H,38,39)/t27-,28-,29-,30-/m1/s1. The minimum absolute atomic E-state index is 0.0190. The fraction of sp³-hybridized carbons (Fsp3) is 0.606. The maximum absolute atomic E-state index is 14.2. The molecular formula is C33H45N3O5. The van der Waals surface area contributed by atoms with E-state index >= 15 is 0 Å². The van der Waals surface area contributed by atoms with Gasteiger partial charge in [0.1, 0.15) is 12.1 Å². The molecule has 1 saturated carbocycles. The molecule has 5 rings (SSSR count). The van der Waals surface area contributed by atoms with E-state index in [1.165, 1.54) is 0 Å². The van der Waals surface area contributed by atoms with Crippen LogP contribution in [-0.4, -0.2) is 58.3 Å². The molecule has 1 aromatic heterocycles. The fourth-order valence-electron chi connectivity index (χ4n) is 7.10. The second kappa shape index (κ2) is 12.9. The monoisotopic (exact) mass is 563 g/mol. The van der Waals surface area contributed by atoms with Crippen LogP contribution in [0.3, 0.4) is 0 Å². The van der Waals surface area contributed by atoms with Crippen molar-refractivity contribution in [2.75, 3.05) is 13.2 Å². The Balaban J connectivity index is 1.47. The van der Waals surface area contributed by atoms with E-state index in [-0.39, 0.29) is 35.3 Å². The van der Waals surface area contributed by atoms with Crippen LogP contribution in [0, 0.1) is 17.3 Å². The molecule has 2 aliphatic heterocycles. The van der Waals surface area contributed by atoms with Crippen molar-refractivity contribution in [2.24, 2.45) is 17.3 Å². The lowest BCUT2D eigenvalue weighted by atomic mass is 9.72. The average Bonchev–Trinajstić information content (AvgIpc) is 3.33. The van der Waals surface area contributed by atoms with Gasteiger partial charge in [-0.05, 0) is 29.9 Å². The van der Waals surface area contributed by atoms with Gasteiger partial charge in [0.25, 0.3) is 0 Å². The summed E-state index contributed by atoms with van der Waals surface area (Å²) in [5, 5.41) is 14.4. The predicted molar refractivity (Wildman–Crippen MR) is 156 cm³/mol. The van der Waals surface area contributed by atoms with E-state index in [9.17, 15) is 14.7 Å². The number of aromatic nitrogens is 1. The minimum atomic E-state index is -0.940.